The van der Waals surface area contributed by atoms with Crippen molar-refractivity contribution in [3.05, 3.63) is 52.8 Å². The molecule has 0 aliphatic carbocycles. The molecule has 0 fully saturated rings. The summed E-state index contributed by atoms with van der Waals surface area (Å²) in [5.74, 6) is -0.242. The molecule has 0 bridgehead atoms. The van der Waals surface area contributed by atoms with Gasteiger partial charge < -0.3 is 10.2 Å². The van der Waals surface area contributed by atoms with Gasteiger partial charge in [0.05, 0.1) is 0 Å². The Morgan fingerprint density at radius 2 is 1.95 bits per heavy atom. The largest absolute Gasteiger partial charge is 0.372 e. The summed E-state index contributed by atoms with van der Waals surface area (Å²) in [6, 6.07) is 9.15. The van der Waals surface area contributed by atoms with Gasteiger partial charge in [-0.3, -0.25) is 9.78 Å². The van der Waals surface area contributed by atoms with Gasteiger partial charge in [-0.1, -0.05) is 17.7 Å². The molecule has 2 rings (SSSR count). The van der Waals surface area contributed by atoms with E-state index in [4.69, 9.17) is 11.6 Å². The maximum absolute atomic E-state index is 12.3. The second-order valence-corrected chi connectivity index (χ2v) is 5.40. The van der Waals surface area contributed by atoms with E-state index in [1.54, 1.807) is 18.3 Å². The Kier molecular flexibility index (Phi) is 5.39. The lowest BCUT2D eigenvalue weighted by Crippen LogP contribution is -2.23. The monoisotopic (exact) mass is 317 g/mol. The van der Waals surface area contributed by atoms with E-state index in [2.05, 4.69) is 29.0 Å². The number of hydrogen-bond donors (Lipinski definition) is 1. The molecule has 5 heteroatoms. The highest BCUT2D eigenvalue weighted by Crippen LogP contribution is 2.21. The summed E-state index contributed by atoms with van der Waals surface area (Å²) in [6.07, 6.45) is 1.66. The number of carbonyl (C=O) groups is 1. The second-order valence-electron chi connectivity index (χ2n) is 4.99. The summed E-state index contributed by atoms with van der Waals surface area (Å²) >= 11 is 6.07. The number of benzene rings is 1. The fourth-order valence-electron chi connectivity index (χ4n) is 2.19. The van der Waals surface area contributed by atoms with E-state index in [9.17, 15) is 4.79 Å². The Balaban J connectivity index is 2.18. The lowest BCUT2D eigenvalue weighted by atomic mass is 10.2. The SMILES string of the molecule is CCN(CC)c1ccnc(C(=O)Nc2ccc(C)c(Cl)c2)c1. The van der Waals surface area contributed by atoms with Crippen LogP contribution < -0.4 is 10.2 Å². The van der Waals surface area contributed by atoms with Gasteiger partial charge in [0.25, 0.3) is 5.91 Å². The first-order valence-electron chi connectivity index (χ1n) is 7.33. The van der Waals surface area contributed by atoms with Crippen LogP contribution in [0.4, 0.5) is 11.4 Å². The molecule has 1 N–H and O–H groups in total. The van der Waals surface area contributed by atoms with Crippen LogP contribution in [-0.2, 0) is 0 Å². The minimum atomic E-state index is -0.242. The number of carbonyl (C=O) groups excluding carboxylic acids is 1. The van der Waals surface area contributed by atoms with Crippen molar-refractivity contribution in [3.63, 3.8) is 0 Å². The van der Waals surface area contributed by atoms with Crippen molar-refractivity contribution in [2.75, 3.05) is 23.3 Å². The van der Waals surface area contributed by atoms with Crippen LogP contribution in [0.1, 0.15) is 29.9 Å². The van der Waals surface area contributed by atoms with Crippen LogP contribution in [0, 0.1) is 6.92 Å². The lowest BCUT2D eigenvalue weighted by molar-refractivity contribution is 0.102. The van der Waals surface area contributed by atoms with Crippen molar-refractivity contribution < 1.29 is 4.79 Å². The number of halogens is 1. The second kappa shape index (κ2) is 7.27. The molecule has 0 spiro atoms. The van der Waals surface area contributed by atoms with Crippen LogP contribution >= 0.6 is 11.6 Å². The number of aryl methyl sites for hydroxylation is 1. The first kappa shape index (κ1) is 16.3. The van der Waals surface area contributed by atoms with E-state index >= 15 is 0 Å². The van der Waals surface area contributed by atoms with Gasteiger partial charge in [0.2, 0.25) is 0 Å². The van der Waals surface area contributed by atoms with Crippen molar-refractivity contribution in [3.8, 4) is 0 Å². The number of pyridine rings is 1. The molecule has 0 saturated carbocycles. The average Bonchev–Trinajstić information content (AvgIpc) is 2.52. The van der Waals surface area contributed by atoms with E-state index in [0.717, 1.165) is 24.3 Å². The molecule has 4 nitrogen and oxygen atoms in total. The molecule has 0 saturated heterocycles. The summed E-state index contributed by atoms with van der Waals surface area (Å²) in [6.45, 7) is 7.85. The molecule has 0 aliphatic heterocycles. The van der Waals surface area contributed by atoms with Gasteiger partial charge in [-0.25, -0.2) is 0 Å². The first-order chi connectivity index (χ1) is 10.5. The van der Waals surface area contributed by atoms with Crippen molar-refractivity contribution in [2.45, 2.75) is 20.8 Å². The number of anilines is 2. The highest BCUT2D eigenvalue weighted by atomic mass is 35.5. The Bertz CT molecular complexity index is 669. The fourth-order valence-corrected chi connectivity index (χ4v) is 2.38. The minimum absolute atomic E-state index is 0.242. The topological polar surface area (TPSA) is 45.2 Å². The van der Waals surface area contributed by atoms with Crippen LogP contribution in [0.2, 0.25) is 5.02 Å². The zero-order valence-electron chi connectivity index (χ0n) is 13.1. The van der Waals surface area contributed by atoms with E-state index in [0.29, 0.717) is 16.4 Å². The van der Waals surface area contributed by atoms with Crippen LogP contribution in [0.3, 0.4) is 0 Å². The predicted octanol–water partition coefficient (Wildman–Crippen LogP) is 4.14. The molecular weight excluding hydrogens is 298 g/mol. The number of aromatic nitrogens is 1. The summed E-state index contributed by atoms with van der Waals surface area (Å²) in [7, 11) is 0. The molecule has 0 unspecified atom stereocenters. The van der Waals surface area contributed by atoms with Crippen molar-refractivity contribution >= 4 is 28.9 Å². The molecule has 0 atom stereocenters. The molecule has 116 valence electrons. The lowest BCUT2D eigenvalue weighted by Gasteiger charge is -2.21. The van der Waals surface area contributed by atoms with Gasteiger partial charge in [0, 0.05) is 35.7 Å². The molecule has 0 aliphatic rings. The standard InChI is InChI=1S/C17H20ClN3O/c1-4-21(5-2)14-8-9-19-16(11-14)17(22)20-13-7-6-12(3)15(18)10-13/h6-11H,4-5H2,1-3H3,(H,20,22). The summed E-state index contributed by atoms with van der Waals surface area (Å²) in [4.78, 5) is 18.6. The molecule has 1 aromatic heterocycles. The zero-order valence-corrected chi connectivity index (χ0v) is 13.8. The molecule has 1 aromatic carbocycles. The van der Waals surface area contributed by atoms with Gasteiger partial charge in [-0.2, -0.15) is 0 Å². The third-order valence-corrected chi connectivity index (χ3v) is 3.94. The Labute approximate surface area is 136 Å². The number of amides is 1. The average molecular weight is 318 g/mol. The van der Waals surface area contributed by atoms with E-state index in [1.807, 2.05) is 25.1 Å². The maximum atomic E-state index is 12.3. The van der Waals surface area contributed by atoms with Crippen molar-refractivity contribution in [1.82, 2.24) is 4.98 Å². The number of hydrogen-bond acceptors (Lipinski definition) is 3. The van der Waals surface area contributed by atoms with Crippen LogP contribution in [0.15, 0.2) is 36.5 Å². The number of nitrogens with one attached hydrogen (secondary N) is 1. The van der Waals surface area contributed by atoms with Crippen LogP contribution in [0.25, 0.3) is 0 Å². The summed E-state index contributed by atoms with van der Waals surface area (Å²) < 4.78 is 0. The summed E-state index contributed by atoms with van der Waals surface area (Å²) in [5.41, 5.74) is 3.02. The molecule has 2 aromatic rings. The fraction of sp³-hybridized carbons (Fsp3) is 0.294. The Morgan fingerprint density at radius 1 is 1.23 bits per heavy atom. The van der Waals surface area contributed by atoms with Crippen LogP contribution in [-0.4, -0.2) is 24.0 Å². The zero-order chi connectivity index (χ0) is 16.1. The van der Waals surface area contributed by atoms with Gasteiger partial charge in [-0.05, 0) is 50.6 Å². The highest BCUT2D eigenvalue weighted by Gasteiger charge is 2.11. The van der Waals surface area contributed by atoms with Gasteiger partial charge >= 0.3 is 0 Å². The van der Waals surface area contributed by atoms with Crippen LogP contribution in [0.5, 0.6) is 0 Å². The van der Waals surface area contributed by atoms with E-state index in [1.165, 1.54) is 0 Å². The number of nitrogens with zero attached hydrogens (tertiary/aromatic N) is 2. The predicted molar refractivity (Wildman–Crippen MR) is 91.9 cm³/mol. The number of rotatable bonds is 5. The van der Waals surface area contributed by atoms with Crippen molar-refractivity contribution in [1.29, 1.82) is 0 Å². The smallest absolute Gasteiger partial charge is 0.274 e. The van der Waals surface area contributed by atoms with Gasteiger partial charge in [-0.15, -0.1) is 0 Å². The van der Waals surface area contributed by atoms with Gasteiger partial charge in [0.1, 0.15) is 5.69 Å². The summed E-state index contributed by atoms with van der Waals surface area (Å²) in [5, 5.41) is 3.45. The van der Waals surface area contributed by atoms with Crippen molar-refractivity contribution in [2.24, 2.45) is 0 Å². The Morgan fingerprint density at radius 3 is 2.59 bits per heavy atom. The quantitative estimate of drug-likeness (QED) is 0.901. The molecule has 1 amide bonds. The van der Waals surface area contributed by atoms with Gasteiger partial charge in [0.15, 0.2) is 0 Å². The Hall–Kier alpha value is -2.07. The molecular formula is C17H20ClN3O. The maximum Gasteiger partial charge on any atom is 0.274 e. The minimum Gasteiger partial charge on any atom is -0.372 e. The first-order valence-corrected chi connectivity index (χ1v) is 7.71. The third kappa shape index (κ3) is 3.77. The van der Waals surface area contributed by atoms with E-state index < -0.39 is 0 Å². The molecule has 0 radical (unpaired) electrons. The third-order valence-electron chi connectivity index (χ3n) is 3.53. The molecule has 22 heavy (non-hydrogen) atoms. The molecule has 1 heterocycles. The highest BCUT2D eigenvalue weighted by molar-refractivity contribution is 6.31. The van der Waals surface area contributed by atoms with E-state index in [-0.39, 0.29) is 5.91 Å². The normalized spacial score (nSPS) is 10.4.